The van der Waals surface area contributed by atoms with Gasteiger partial charge in [-0.2, -0.15) is 0 Å². The Bertz CT molecular complexity index is 6350. The molecule has 0 N–H and O–H groups in total. The zero-order chi connectivity index (χ0) is 82.9. The third kappa shape index (κ3) is 16.0. The number of hydrogen-bond acceptors (Lipinski definition) is 0. The van der Waals surface area contributed by atoms with E-state index in [-0.39, 0.29) is 32.4 Å². The van der Waals surface area contributed by atoms with Crippen molar-refractivity contribution in [1.82, 2.24) is 0 Å². The van der Waals surface area contributed by atoms with Crippen LogP contribution < -0.4 is 27.3 Å². The van der Waals surface area contributed by atoms with Crippen LogP contribution in [0.15, 0.2) is 0 Å². The van der Waals surface area contributed by atoms with Crippen LogP contribution in [0.1, 0.15) is 133 Å². The van der Waals surface area contributed by atoms with Crippen molar-refractivity contribution in [2.75, 3.05) is 0 Å². The number of fused-ring (bicyclic) bond motifs is 6. The van der Waals surface area contributed by atoms with Gasteiger partial charge in [-0.25, -0.2) is 0 Å². The first-order valence-corrected chi connectivity index (χ1v) is 40.1. The van der Waals surface area contributed by atoms with E-state index in [9.17, 15) is 0 Å². The highest BCUT2D eigenvalue weighted by molar-refractivity contribution is 7.89. The minimum atomic E-state index is 0.148. The second kappa shape index (κ2) is 37.7. The normalized spacial score (nSPS) is 9.60. The van der Waals surface area contributed by atoms with Crippen LogP contribution in [-0.4, -0.2) is 195 Å². The molecule has 0 spiro atoms. The summed E-state index contributed by atoms with van der Waals surface area (Å²) in [6, 6.07) is 0. The molecule has 0 aromatic heterocycles. The zero-order valence-corrected chi connectivity index (χ0v) is 73.3. The highest BCUT2D eigenvalue weighted by Gasteiger charge is 2.44. The lowest BCUT2D eigenvalue weighted by Gasteiger charge is -2.41. The molecular weight excluding hydrogens is 1310 g/mol. The van der Waals surface area contributed by atoms with E-state index in [4.69, 9.17) is 12.8 Å². The van der Waals surface area contributed by atoms with E-state index < -0.39 is 0 Å². The molecule has 506 valence electrons. The minimum Gasteiger partial charge on any atom is -0.113 e. The second-order valence-corrected chi connectivity index (χ2v) is 32.4. The van der Waals surface area contributed by atoms with Gasteiger partial charge < -0.3 is 0 Å². The van der Waals surface area contributed by atoms with E-state index >= 15 is 0 Å². The van der Waals surface area contributed by atoms with Gasteiger partial charge in [-0.15, -0.1) is 29.7 Å². The molecule has 8 aromatic rings. The van der Waals surface area contributed by atoms with Gasteiger partial charge in [0.05, 0.1) is 158 Å². The molecule has 112 heavy (non-hydrogen) atoms. The fourth-order valence-corrected chi connectivity index (χ4v) is 18.5. The van der Waals surface area contributed by atoms with E-state index in [1.165, 1.54) is 88.1 Å². The molecule has 8 rings (SSSR count). The van der Waals surface area contributed by atoms with Crippen molar-refractivity contribution in [1.29, 1.82) is 0 Å². The van der Waals surface area contributed by atoms with Gasteiger partial charge >= 0.3 is 0 Å². The molecule has 27 heteroatoms. The number of aryl methyl sites for hydroxylation is 6. The van der Waals surface area contributed by atoms with Gasteiger partial charge in [0.25, 0.3) is 0 Å². The van der Waals surface area contributed by atoms with Crippen LogP contribution >= 0.6 is 0 Å². The lowest BCUT2D eigenvalue weighted by molar-refractivity contribution is 1.24. The molecule has 0 nitrogen and oxygen atoms in total. The van der Waals surface area contributed by atoms with Crippen molar-refractivity contribution in [2.45, 2.75) is 118 Å². The molecule has 0 bridgehead atoms. The standard InChI is InChI=1S/C85H85B27/c1-20-26-31-34-35-37-40-44-62-60(19)67-57(16)52(11)61(42-25-6)64(43-30-24-5)74(67)75-65(46-38-29-23-4)63(45-39-33-28-22-3)66(47-41-36-32-27-21-2)76(73(62)75)78-70-55(14)50(9)48(7)53(12)68(70)77(69-54(13)49(8)51(10)56(15)71(69)78)72-58(17)59(18)81(86)80-79(72)82(103(89)107(90)91)84(104(101-87)108(92)93)85(105(109(94)95)110(96)97)83(80)106(111(98)99)112(100)102-88/h3,5,101-102H,86-100H2,1-2,4,6-19H3. The molecule has 0 saturated heterocycles. The summed E-state index contributed by atoms with van der Waals surface area (Å²) in [6.45, 7) is 38.1. The first-order valence-electron chi connectivity index (χ1n) is 40.1. The van der Waals surface area contributed by atoms with Crippen LogP contribution in [0, 0.1) is 269 Å². The Morgan fingerprint density at radius 1 is 0.259 bits per heavy atom. The fraction of sp³-hybridized carbons (Fsp3) is 0.200. The van der Waals surface area contributed by atoms with Crippen LogP contribution in [0.2, 0.25) is 0 Å². The minimum absolute atomic E-state index is 0.148. The third-order valence-electron chi connectivity index (χ3n) is 25.0. The summed E-state index contributed by atoms with van der Waals surface area (Å²) >= 11 is 0. The Balaban J connectivity index is 2.10. The third-order valence-corrected chi connectivity index (χ3v) is 25.0. The van der Waals surface area contributed by atoms with Crippen molar-refractivity contribution in [3.05, 3.63) is 106 Å². The highest BCUT2D eigenvalue weighted by atomic mass is 14.4. The Kier molecular flexibility index (Phi) is 29.5. The maximum Gasteiger partial charge on any atom is 0.140 e. The number of benzene rings is 8. The largest absolute Gasteiger partial charge is 0.140 e. The van der Waals surface area contributed by atoms with Gasteiger partial charge in [0.1, 0.15) is 7.85 Å². The fourth-order valence-electron chi connectivity index (χ4n) is 18.5. The van der Waals surface area contributed by atoms with Gasteiger partial charge in [0.15, 0.2) is 0 Å². The molecule has 8 aromatic carbocycles. The van der Waals surface area contributed by atoms with Crippen LogP contribution in [0.25, 0.3) is 76.1 Å². The number of terminal acetylenes is 2. The highest BCUT2D eigenvalue weighted by Crippen LogP contribution is 2.56. The average Bonchev–Trinajstić information content (AvgIpc) is 0.675. The molecule has 0 fully saturated rings. The van der Waals surface area contributed by atoms with E-state index in [2.05, 4.69) is 372 Å². The molecule has 0 saturated carbocycles. The molecule has 0 amide bonds. The summed E-state index contributed by atoms with van der Waals surface area (Å²) in [5.74, 6) is 88.7. The maximum atomic E-state index is 6.25. The average molecular weight is 1400 g/mol. The van der Waals surface area contributed by atoms with Gasteiger partial charge in [-0.05, 0) is 345 Å². The smallest absolute Gasteiger partial charge is 0.113 e. The van der Waals surface area contributed by atoms with Gasteiger partial charge in [-0.1, -0.05) is 75.2 Å². The summed E-state index contributed by atoms with van der Waals surface area (Å²) in [4.78, 5) is 0. The van der Waals surface area contributed by atoms with Crippen molar-refractivity contribution >= 4 is 276 Å². The monoisotopic (exact) mass is 1400 g/mol. The van der Waals surface area contributed by atoms with E-state index in [1.54, 1.807) is 37.2 Å². The Morgan fingerprint density at radius 2 is 0.661 bits per heavy atom. The molecule has 0 heterocycles. The molecular formula is C85H85B27. The number of rotatable bonds is 14. The quantitative estimate of drug-likeness (QED) is 0.0441. The van der Waals surface area contributed by atoms with E-state index in [0.29, 0.717) is 65.1 Å². The van der Waals surface area contributed by atoms with Crippen molar-refractivity contribution < 1.29 is 0 Å². The number of hydrogen-bond donors (Lipinski definition) is 0. The van der Waals surface area contributed by atoms with Gasteiger partial charge in [0.2, 0.25) is 0 Å². The van der Waals surface area contributed by atoms with Crippen LogP contribution in [0.3, 0.4) is 0 Å². The Labute approximate surface area is 694 Å². The molecule has 0 aliphatic carbocycles. The SMILES string of the molecule is BBB(B)B(B(B)B)c1c(B(B(B)B)B(B)B)c(B(BB)B(B)B)c(B(B)B(B)B)c2c(-c3c4c(C)c(C)c(C)c(C)c4c(-c4c(C#CC#CC#CC)c(C#CC#CC#C)c(C#CC#CC)c5c4c(C#CC#CC#CC#CC)c(C)c4c(C)c(C)c(C#CC)c(C#CC#C)c45)c4c(C)c(C)c(C)c(C)c34)c(C)c(C)c(B)c12. The second-order valence-electron chi connectivity index (χ2n) is 32.4. The maximum absolute atomic E-state index is 6.25. The molecule has 0 aliphatic heterocycles. The summed E-state index contributed by atoms with van der Waals surface area (Å²) < 4.78 is 0. The van der Waals surface area contributed by atoms with Crippen molar-refractivity contribution in [3.8, 4) is 201 Å². The van der Waals surface area contributed by atoms with Crippen LogP contribution in [0.4, 0.5) is 0 Å². The summed E-state index contributed by atoms with van der Waals surface area (Å²) in [6.07, 6.45) is 14.3. The Hall–Kier alpha value is -9.79. The molecule has 0 atom stereocenters. The van der Waals surface area contributed by atoms with Crippen molar-refractivity contribution in [2.24, 2.45) is 0 Å². The lowest BCUT2D eigenvalue weighted by Crippen LogP contribution is -2.80. The molecule has 0 aliphatic rings. The topological polar surface area (TPSA) is 0 Å². The summed E-state index contributed by atoms with van der Waals surface area (Å²) in [7, 11) is 39.5. The molecule has 0 radical (unpaired) electrons. The van der Waals surface area contributed by atoms with Crippen LogP contribution in [0.5, 0.6) is 0 Å². The van der Waals surface area contributed by atoms with Crippen LogP contribution in [-0.2, 0) is 0 Å². The zero-order valence-electron chi connectivity index (χ0n) is 73.3. The van der Waals surface area contributed by atoms with E-state index in [1.807, 2.05) is 6.92 Å². The van der Waals surface area contributed by atoms with Crippen molar-refractivity contribution in [3.63, 3.8) is 0 Å². The first kappa shape index (κ1) is 87.8. The molecule has 0 unspecified atom stereocenters. The first-order chi connectivity index (χ1) is 53.3. The summed E-state index contributed by atoms with van der Waals surface area (Å²) in [5, 5.41) is 10.5. The van der Waals surface area contributed by atoms with Gasteiger partial charge in [-0.3, -0.25) is 0 Å². The van der Waals surface area contributed by atoms with Gasteiger partial charge in [0, 0.05) is 83.8 Å². The predicted molar refractivity (Wildman–Crippen MR) is 561 cm³/mol. The Morgan fingerprint density at radius 3 is 1.11 bits per heavy atom. The van der Waals surface area contributed by atoms with E-state index in [0.717, 1.165) is 85.6 Å². The summed E-state index contributed by atoms with van der Waals surface area (Å²) in [5.41, 5.74) is 30.5. The predicted octanol–water partition coefficient (Wildman–Crippen LogP) is -6.70. The lowest BCUT2D eigenvalue weighted by atomic mass is 8.66.